The quantitative estimate of drug-likeness (QED) is 0.678. The molecule has 16 heavy (non-hydrogen) atoms. The number of amides is 1. The minimum atomic E-state index is -3.18. The summed E-state index contributed by atoms with van der Waals surface area (Å²) in [6.45, 7) is 1.33. The summed E-state index contributed by atoms with van der Waals surface area (Å²) in [5, 5.41) is -0.765. The molecule has 0 aromatic heterocycles. The number of hydrogen-bond acceptors (Lipinski definition) is 3. The molecule has 92 valence electrons. The Labute approximate surface area is 104 Å². The van der Waals surface area contributed by atoms with Crippen LogP contribution in [0.4, 0.5) is 0 Å². The SMILES string of the molecule is O=C(C1CCCCS1(=O)=O)N1CCC(Br)C1. The molecular formula is C10H16BrNO3S. The maximum Gasteiger partial charge on any atom is 0.240 e. The van der Waals surface area contributed by atoms with Crippen LogP contribution in [0, 0.1) is 0 Å². The number of nitrogens with zero attached hydrogens (tertiary/aromatic N) is 1. The largest absolute Gasteiger partial charge is 0.340 e. The van der Waals surface area contributed by atoms with Crippen molar-refractivity contribution in [2.45, 2.75) is 35.8 Å². The molecule has 0 aromatic carbocycles. The molecule has 0 spiro atoms. The van der Waals surface area contributed by atoms with Crippen molar-refractivity contribution >= 4 is 31.7 Å². The molecule has 2 aliphatic rings. The highest BCUT2D eigenvalue weighted by molar-refractivity contribution is 9.09. The van der Waals surface area contributed by atoms with Gasteiger partial charge in [0.25, 0.3) is 0 Å². The summed E-state index contributed by atoms with van der Waals surface area (Å²) in [5.74, 6) is -0.00344. The zero-order valence-electron chi connectivity index (χ0n) is 9.06. The Morgan fingerprint density at radius 2 is 2.00 bits per heavy atom. The molecule has 0 bridgehead atoms. The number of likely N-dealkylation sites (tertiary alicyclic amines) is 1. The molecule has 6 heteroatoms. The minimum absolute atomic E-state index is 0.176. The third-order valence-electron chi connectivity index (χ3n) is 3.30. The van der Waals surface area contributed by atoms with Gasteiger partial charge in [-0.05, 0) is 19.3 Å². The van der Waals surface area contributed by atoms with Gasteiger partial charge in [0.15, 0.2) is 9.84 Å². The fourth-order valence-electron chi connectivity index (χ4n) is 2.35. The number of carbonyl (C=O) groups is 1. The van der Waals surface area contributed by atoms with E-state index in [1.165, 1.54) is 0 Å². The molecule has 2 heterocycles. The van der Waals surface area contributed by atoms with E-state index in [0.717, 1.165) is 12.8 Å². The first kappa shape index (κ1) is 12.4. The monoisotopic (exact) mass is 309 g/mol. The fourth-order valence-corrected chi connectivity index (χ4v) is 4.78. The van der Waals surface area contributed by atoms with Crippen molar-refractivity contribution in [3.05, 3.63) is 0 Å². The molecule has 2 unspecified atom stereocenters. The third-order valence-corrected chi connectivity index (χ3v) is 6.21. The van der Waals surface area contributed by atoms with Gasteiger partial charge in [0.1, 0.15) is 5.25 Å². The first-order chi connectivity index (χ1) is 7.50. The van der Waals surface area contributed by atoms with Gasteiger partial charge in [-0.3, -0.25) is 4.79 Å². The van der Waals surface area contributed by atoms with Gasteiger partial charge >= 0.3 is 0 Å². The van der Waals surface area contributed by atoms with Gasteiger partial charge in [-0.1, -0.05) is 22.4 Å². The van der Waals surface area contributed by atoms with E-state index >= 15 is 0 Å². The first-order valence-corrected chi connectivity index (χ1v) is 8.28. The van der Waals surface area contributed by atoms with Gasteiger partial charge < -0.3 is 4.90 Å². The maximum absolute atomic E-state index is 12.1. The van der Waals surface area contributed by atoms with Crippen LogP contribution in [0.2, 0.25) is 0 Å². The Kier molecular flexibility index (Phi) is 3.59. The lowest BCUT2D eigenvalue weighted by Crippen LogP contribution is -2.44. The van der Waals surface area contributed by atoms with Gasteiger partial charge in [-0.15, -0.1) is 0 Å². The van der Waals surface area contributed by atoms with E-state index in [9.17, 15) is 13.2 Å². The Morgan fingerprint density at radius 3 is 2.56 bits per heavy atom. The second kappa shape index (κ2) is 4.64. The molecule has 2 saturated heterocycles. The Morgan fingerprint density at radius 1 is 1.25 bits per heavy atom. The van der Waals surface area contributed by atoms with Crippen molar-refractivity contribution in [2.24, 2.45) is 0 Å². The average molecular weight is 310 g/mol. The van der Waals surface area contributed by atoms with E-state index in [2.05, 4.69) is 15.9 Å². The highest BCUT2D eigenvalue weighted by atomic mass is 79.9. The van der Waals surface area contributed by atoms with Crippen LogP contribution in [0.5, 0.6) is 0 Å². The molecule has 1 amide bonds. The molecular weight excluding hydrogens is 294 g/mol. The third kappa shape index (κ3) is 2.42. The lowest BCUT2D eigenvalue weighted by atomic mass is 10.2. The molecule has 2 rings (SSSR count). The van der Waals surface area contributed by atoms with E-state index in [-0.39, 0.29) is 11.7 Å². The first-order valence-electron chi connectivity index (χ1n) is 5.65. The van der Waals surface area contributed by atoms with Crippen LogP contribution in [-0.4, -0.2) is 48.1 Å². The van der Waals surface area contributed by atoms with E-state index in [1.54, 1.807) is 4.90 Å². The van der Waals surface area contributed by atoms with Crippen molar-refractivity contribution in [3.63, 3.8) is 0 Å². The van der Waals surface area contributed by atoms with Crippen LogP contribution >= 0.6 is 15.9 Å². The minimum Gasteiger partial charge on any atom is -0.340 e. The fraction of sp³-hybridized carbons (Fsp3) is 0.900. The number of sulfone groups is 1. The molecule has 0 radical (unpaired) electrons. The summed E-state index contributed by atoms with van der Waals surface area (Å²) in [6.07, 6.45) is 2.97. The molecule has 0 saturated carbocycles. The van der Waals surface area contributed by atoms with E-state index in [1.807, 2.05) is 0 Å². The summed E-state index contributed by atoms with van der Waals surface area (Å²) in [4.78, 5) is 14.1. The average Bonchev–Trinajstić information content (AvgIpc) is 2.63. The van der Waals surface area contributed by atoms with Crippen LogP contribution in [0.3, 0.4) is 0 Å². The predicted octanol–water partition coefficient (Wildman–Crippen LogP) is 0.950. The summed E-state index contributed by atoms with van der Waals surface area (Å²) in [7, 11) is -3.18. The summed E-state index contributed by atoms with van der Waals surface area (Å²) in [5.41, 5.74) is 0. The number of halogens is 1. The van der Waals surface area contributed by atoms with Crippen LogP contribution in [0.25, 0.3) is 0 Å². The molecule has 0 aliphatic carbocycles. The number of carbonyl (C=O) groups excluding carboxylic acids is 1. The van der Waals surface area contributed by atoms with Gasteiger partial charge in [-0.2, -0.15) is 0 Å². The second-order valence-electron chi connectivity index (χ2n) is 4.52. The van der Waals surface area contributed by atoms with Crippen molar-refractivity contribution in [2.75, 3.05) is 18.8 Å². The standard InChI is InChI=1S/C10H16BrNO3S/c11-8-4-5-12(7-8)10(13)9-3-1-2-6-16(9,14)15/h8-9H,1-7H2. The molecule has 0 aromatic rings. The highest BCUT2D eigenvalue weighted by Crippen LogP contribution is 2.24. The van der Waals surface area contributed by atoms with Crippen molar-refractivity contribution < 1.29 is 13.2 Å². The van der Waals surface area contributed by atoms with Crippen LogP contribution in [0.1, 0.15) is 25.7 Å². The molecule has 2 aliphatic heterocycles. The van der Waals surface area contributed by atoms with Gasteiger partial charge in [0.05, 0.1) is 5.75 Å². The van der Waals surface area contributed by atoms with Gasteiger partial charge in [0, 0.05) is 17.9 Å². The van der Waals surface area contributed by atoms with E-state index in [0.29, 0.717) is 30.8 Å². The lowest BCUT2D eigenvalue weighted by molar-refractivity contribution is -0.129. The van der Waals surface area contributed by atoms with Crippen LogP contribution in [-0.2, 0) is 14.6 Å². The molecule has 2 fully saturated rings. The summed E-state index contributed by atoms with van der Waals surface area (Å²) >= 11 is 3.46. The van der Waals surface area contributed by atoms with Crippen molar-refractivity contribution in [3.8, 4) is 0 Å². The normalized spacial score (nSPS) is 33.9. The summed E-state index contributed by atoms with van der Waals surface area (Å²) in [6, 6.07) is 0. The highest BCUT2D eigenvalue weighted by Gasteiger charge is 2.39. The van der Waals surface area contributed by atoms with E-state index < -0.39 is 15.1 Å². The van der Waals surface area contributed by atoms with Crippen LogP contribution < -0.4 is 0 Å². The number of hydrogen-bond donors (Lipinski definition) is 0. The van der Waals surface area contributed by atoms with Crippen LogP contribution in [0.15, 0.2) is 0 Å². The van der Waals surface area contributed by atoms with Gasteiger partial charge in [-0.25, -0.2) is 8.42 Å². The smallest absolute Gasteiger partial charge is 0.240 e. The molecule has 0 N–H and O–H groups in total. The zero-order valence-corrected chi connectivity index (χ0v) is 11.5. The molecule has 2 atom stereocenters. The number of alkyl halides is 1. The Balaban J connectivity index is 2.09. The summed E-state index contributed by atoms with van der Waals surface area (Å²) < 4.78 is 23.6. The topological polar surface area (TPSA) is 54.5 Å². The van der Waals surface area contributed by atoms with Crippen molar-refractivity contribution in [1.29, 1.82) is 0 Å². The zero-order chi connectivity index (χ0) is 11.8. The second-order valence-corrected chi connectivity index (χ2v) is 8.12. The van der Waals surface area contributed by atoms with E-state index in [4.69, 9.17) is 0 Å². The van der Waals surface area contributed by atoms with Crippen molar-refractivity contribution in [1.82, 2.24) is 4.90 Å². The Bertz CT molecular complexity index is 382. The van der Waals surface area contributed by atoms with Gasteiger partial charge in [0.2, 0.25) is 5.91 Å². The number of rotatable bonds is 1. The maximum atomic E-state index is 12.1. The Hall–Kier alpha value is -0.100. The predicted molar refractivity (Wildman–Crippen MR) is 65.3 cm³/mol. The lowest BCUT2D eigenvalue weighted by Gasteiger charge is -2.26. The molecule has 4 nitrogen and oxygen atoms in total.